The van der Waals surface area contributed by atoms with E-state index in [-0.39, 0.29) is 5.91 Å². The van der Waals surface area contributed by atoms with Crippen LogP contribution in [0, 0.1) is 6.92 Å². The van der Waals surface area contributed by atoms with Gasteiger partial charge in [0.1, 0.15) is 11.6 Å². The van der Waals surface area contributed by atoms with Gasteiger partial charge in [-0.05, 0) is 43.3 Å². The standard InChI is InChI=1S/C19H15BrN4O2S/c1-11-8-17(22-18(25)12-4-3-5-13(20)9-12)24(23-11)19-21-15-7-6-14(26-2)10-16(15)27-19/h3-10H,1-2H3,(H,22,25). The van der Waals surface area contributed by atoms with Crippen molar-refractivity contribution in [1.82, 2.24) is 14.8 Å². The van der Waals surface area contributed by atoms with Gasteiger partial charge in [0, 0.05) is 16.1 Å². The average molecular weight is 443 g/mol. The normalized spacial score (nSPS) is 10.9. The molecule has 0 aliphatic carbocycles. The quantitative estimate of drug-likeness (QED) is 0.492. The fourth-order valence-corrected chi connectivity index (χ4v) is 4.02. The van der Waals surface area contributed by atoms with Crippen molar-refractivity contribution in [3.63, 3.8) is 0 Å². The first-order chi connectivity index (χ1) is 13.0. The number of nitrogens with one attached hydrogen (secondary N) is 1. The van der Waals surface area contributed by atoms with Crippen LogP contribution in [0.25, 0.3) is 15.3 Å². The molecule has 2 aromatic carbocycles. The summed E-state index contributed by atoms with van der Waals surface area (Å²) >= 11 is 4.87. The number of rotatable bonds is 4. The molecule has 6 nitrogen and oxygen atoms in total. The molecule has 4 rings (SSSR count). The molecule has 0 aliphatic rings. The van der Waals surface area contributed by atoms with Gasteiger partial charge in [0.25, 0.3) is 5.91 Å². The molecular formula is C19H15BrN4O2S. The van der Waals surface area contributed by atoms with Gasteiger partial charge >= 0.3 is 0 Å². The minimum absolute atomic E-state index is 0.208. The smallest absolute Gasteiger partial charge is 0.256 e. The molecular weight excluding hydrogens is 428 g/mol. The van der Waals surface area contributed by atoms with Crippen LogP contribution < -0.4 is 10.1 Å². The SMILES string of the molecule is COc1ccc2nc(-n3nc(C)cc3NC(=O)c3cccc(Br)c3)sc2c1. The van der Waals surface area contributed by atoms with E-state index in [0.717, 1.165) is 26.1 Å². The van der Waals surface area contributed by atoms with Crippen molar-refractivity contribution in [3.05, 3.63) is 64.3 Å². The third-order valence-electron chi connectivity index (χ3n) is 3.93. The third-order valence-corrected chi connectivity index (χ3v) is 5.41. The van der Waals surface area contributed by atoms with E-state index in [1.807, 2.05) is 43.3 Å². The molecule has 0 atom stereocenters. The molecule has 0 spiro atoms. The molecule has 0 fully saturated rings. The number of aromatic nitrogens is 3. The predicted octanol–water partition coefficient (Wildman–Crippen LogP) is 4.81. The Balaban J connectivity index is 1.70. The number of hydrogen-bond acceptors (Lipinski definition) is 5. The highest BCUT2D eigenvalue weighted by Crippen LogP contribution is 2.30. The predicted molar refractivity (Wildman–Crippen MR) is 110 cm³/mol. The number of anilines is 1. The van der Waals surface area contributed by atoms with Crippen molar-refractivity contribution < 1.29 is 9.53 Å². The van der Waals surface area contributed by atoms with E-state index in [9.17, 15) is 4.79 Å². The zero-order valence-electron chi connectivity index (χ0n) is 14.6. The molecule has 1 N–H and O–H groups in total. The fourth-order valence-electron chi connectivity index (χ4n) is 2.66. The fraction of sp³-hybridized carbons (Fsp3) is 0.105. The first-order valence-corrected chi connectivity index (χ1v) is 9.73. The van der Waals surface area contributed by atoms with Crippen molar-refractivity contribution in [2.24, 2.45) is 0 Å². The lowest BCUT2D eigenvalue weighted by Crippen LogP contribution is -2.15. The van der Waals surface area contributed by atoms with Gasteiger partial charge in [-0.2, -0.15) is 9.78 Å². The van der Waals surface area contributed by atoms with Gasteiger partial charge in [-0.3, -0.25) is 4.79 Å². The number of carbonyl (C=O) groups is 1. The van der Waals surface area contributed by atoms with Crippen LogP contribution in [-0.4, -0.2) is 27.8 Å². The lowest BCUT2D eigenvalue weighted by molar-refractivity contribution is 0.102. The third kappa shape index (κ3) is 3.58. The van der Waals surface area contributed by atoms with E-state index in [2.05, 4.69) is 31.3 Å². The molecule has 8 heteroatoms. The number of halogens is 1. The van der Waals surface area contributed by atoms with Crippen LogP contribution in [0.2, 0.25) is 0 Å². The number of benzene rings is 2. The highest BCUT2D eigenvalue weighted by molar-refractivity contribution is 9.10. The van der Waals surface area contributed by atoms with Crippen LogP contribution in [0.15, 0.2) is 53.0 Å². The van der Waals surface area contributed by atoms with Crippen LogP contribution >= 0.6 is 27.3 Å². The molecule has 27 heavy (non-hydrogen) atoms. The number of thiazole rings is 1. The topological polar surface area (TPSA) is 69.0 Å². The van der Waals surface area contributed by atoms with Crippen LogP contribution in [0.3, 0.4) is 0 Å². The second-order valence-electron chi connectivity index (χ2n) is 5.88. The van der Waals surface area contributed by atoms with Gasteiger partial charge in [0.05, 0.1) is 23.0 Å². The summed E-state index contributed by atoms with van der Waals surface area (Å²) < 4.78 is 8.76. The number of carbonyl (C=O) groups excluding carboxylic acids is 1. The summed E-state index contributed by atoms with van der Waals surface area (Å²) in [5.41, 5.74) is 2.20. The van der Waals surface area contributed by atoms with Crippen LogP contribution in [-0.2, 0) is 0 Å². The zero-order chi connectivity index (χ0) is 19.0. The van der Waals surface area contributed by atoms with E-state index >= 15 is 0 Å². The summed E-state index contributed by atoms with van der Waals surface area (Å²) in [5.74, 6) is 1.14. The first-order valence-electron chi connectivity index (χ1n) is 8.12. The summed E-state index contributed by atoms with van der Waals surface area (Å²) in [6.45, 7) is 1.88. The van der Waals surface area contributed by atoms with Crippen molar-refractivity contribution in [2.45, 2.75) is 6.92 Å². The number of ether oxygens (including phenoxy) is 1. The lowest BCUT2D eigenvalue weighted by atomic mass is 10.2. The summed E-state index contributed by atoms with van der Waals surface area (Å²) in [6, 6.07) is 14.8. The van der Waals surface area contributed by atoms with Crippen LogP contribution in [0.5, 0.6) is 5.75 Å². The van der Waals surface area contributed by atoms with Gasteiger partial charge in [0.2, 0.25) is 5.13 Å². The van der Waals surface area contributed by atoms with E-state index in [1.54, 1.807) is 23.9 Å². The largest absolute Gasteiger partial charge is 0.497 e. The van der Waals surface area contributed by atoms with Crippen molar-refractivity contribution in [3.8, 4) is 10.9 Å². The molecule has 0 unspecified atom stereocenters. The highest BCUT2D eigenvalue weighted by atomic mass is 79.9. The summed E-state index contributed by atoms with van der Waals surface area (Å²) in [7, 11) is 1.63. The molecule has 0 bridgehead atoms. The second-order valence-corrected chi connectivity index (χ2v) is 7.80. The Morgan fingerprint density at radius 3 is 2.85 bits per heavy atom. The maximum Gasteiger partial charge on any atom is 0.256 e. The Kier molecular flexibility index (Phi) is 4.67. The van der Waals surface area contributed by atoms with E-state index < -0.39 is 0 Å². The molecule has 1 amide bonds. The van der Waals surface area contributed by atoms with Gasteiger partial charge in [-0.25, -0.2) is 4.98 Å². The van der Waals surface area contributed by atoms with Gasteiger partial charge in [-0.1, -0.05) is 33.3 Å². The summed E-state index contributed by atoms with van der Waals surface area (Å²) in [6.07, 6.45) is 0. The van der Waals surface area contributed by atoms with Gasteiger partial charge < -0.3 is 10.1 Å². The van der Waals surface area contributed by atoms with E-state index in [0.29, 0.717) is 16.5 Å². The minimum atomic E-state index is -0.208. The number of nitrogens with zero attached hydrogens (tertiary/aromatic N) is 3. The highest BCUT2D eigenvalue weighted by Gasteiger charge is 2.16. The number of fused-ring (bicyclic) bond motifs is 1. The van der Waals surface area contributed by atoms with Crippen molar-refractivity contribution >= 4 is 49.2 Å². The average Bonchev–Trinajstić information content (AvgIpc) is 3.23. The van der Waals surface area contributed by atoms with Crippen molar-refractivity contribution in [1.29, 1.82) is 0 Å². The number of methoxy groups -OCH3 is 1. The monoisotopic (exact) mass is 442 g/mol. The first kappa shape index (κ1) is 17.7. The molecule has 136 valence electrons. The van der Waals surface area contributed by atoms with Crippen LogP contribution in [0.4, 0.5) is 5.82 Å². The second kappa shape index (κ2) is 7.13. The molecule has 4 aromatic rings. The maximum absolute atomic E-state index is 12.6. The Labute approximate surface area is 167 Å². The number of aryl methyl sites for hydroxylation is 1. The van der Waals surface area contributed by atoms with Crippen LogP contribution in [0.1, 0.15) is 16.1 Å². The lowest BCUT2D eigenvalue weighted by Gasteiger charge is -2.06. The number of hydrogen-bond donors (Lipinski definition) is 1. The summed E-state index contributed by atoms with van der Waals surface area (Å²) in [5, 5.41) is 8.09. The Hall–Kier alpha value is -2.71. The molecule has 2 heterocycles. The molecule has 0 saturated heterocycles. The minimum Gasteiger partial charge on any atom is -0.497 e. The van der Waals surface area contributed by atoms with Gasteiger partial charge in [-0.15, -0.1) is 0 Å². The Morgan fingerprint density at radius 1 is 1.22 bits per heavy atom. The molecule has 0 aliphatic heterocycles. The summed E-state index contributed by atoms with van der Waals surface area (Å²) in [4.78, 5) is 17.2. The van der Waals surface area contributed by atoms with E-state index in [1.165, 1.54) is 11.3 Å². The Bertz CT molecular complexity index is 1150. The van der Waals surface area contributed by atoms with Gasteiger partial charge in [0.15, 0.2) is 0 Å². The molecule has 0 saturated carbocycles. The number of amides is 1. The maximum atomic E-state index is 12.6. The molecule has 2 aromatic heterocycles. The Morgan fingerprint density at radius 2 is 2.07 bits per heavy atom. The zero-order valence-corrected chi connectivity index (χ0v) is 17.0. The molecule has 0 radical (unpaired) electrons. The van der Waals surface area contributed by atoms with E-state index in [4.69, 9.17) is 4.74 Å². The van der Waals surface area contributed by atoms with Crippen molar-refractivity contribution in [2.75, 3.05) is 12.4 Å².